The maximum atomic E-state index is 6.55. The Morgan fingerprint density at radius 3 is 2.75 bits per heavy atom. The number of benzene rings is 1. The molecule has 20 heavy (non-hydrogen) atoms. The molecule has 2 fully saturated rings. The third kappa shape index (κ3) is 2.13. The van der Waals surface area contributed by atoms with E-state index in [4.69, 9.17) is 22.3 Å². The molecule has 3 nitrogen and oxygen atoms in total. The number of halogens is 1. The van der Waals surface area contributed by atoms with Crippen LogP contribution in [0.2, 0.25) is 5.02 Å². The van der Waals surface area contributed by atoms with E-state index < -0.39 is 0 Å². The van der Waals surface area contributed by atoms with Crippen molar-refractivity contribution in [2.24, 2.45) is 5.73 Å². The Kier molecular flexibility index (Phi) is 2.83. The van der Waals surface area contributed by atoms with Gasteiger partial charge in [0.1, 0.15) is 5.82 Å². The molecule has 0 amide bonds. The highest BCUT2D eigenvalue weighted by Gasteiger charge is 2.34. The van der Waals surface area contributed by atoms with E-state index in [1.807, 2.05) is 18.2 Å². The Balaban J connectivity index is 1.79. The molecule has 0 bridgehead atoms. The molecule has 1 heterocycles. The summed E-state index contributed by atoms with van der Waals surface area (Å²) in [5.74, 6) is 1.16. The van der Waals surface area contributed by atoms with Gasteiger partial charge in [0.2, 0.25) is 0 Å². The molecule has 0 spiro atoms. The number of nitrogens with zero attached hydrogens (tertiary/aromatic N) is 2. The van der Waals surface area contributed by atoms with Crippen molar-refractivity contribution in [3.8, 4) is 0 Å². The minimum Gasteiger partial charge on any atom is -0.325 e. The van der Waals surface area contributed by atoms with Gasteiger partial charge in [-0.15, -0.1) is 0 Å². The van der Waals surface area contributed by atoms with E-state index in [1.54, 1.807) is 0 Å². The summed E-state index contributed by atoms with van der Waals surface area (Å²) >= 11 is 6.16. The second-order valence-corrected chi connectivity index (χ2v) is 6.94. The topological polar surface area (TPSA) is 43.8 Å². The van der Waals surface area contributed by atoms with Gasteiger partial charge in [0, 0.05) is 23.0 Å². The van der Waals surface area contributed by atoms with Gasteiger partial charge in [-0.2, -0.15) is 0 Å². The smallest absolute Gasteiger partial charge is 0.111 e. The quantitative estimate of drug-likeness (QED) is 0.933. The normalized spacial score (nSPS) is 21.7. The van der Waals surface area contributed by atoms with Gasteiger partial charge in [-0.25, -0.2) is 4.98 Å². The lowest BCUT2D eigenvalue weighted by molar-refractivity contribution is 0.419. The van der Waals surface area contributed by atoms with Crippen molar-refractivity contribution in [2.75, 3.05) is 0 Å². The highest BCUT2D eigenvalue weighted by molar-refractivity contribution is 6.31. The van der Waals surface area contributed by atoms with Crippen molar-refractivity contribution in [2.45, 2.75) is 56.5 Å². The monoisotopic (exact) mass is 289 g/mol. The molecule has 0 unspecified atom stereocenters. The van der Waals surface area contributed by atoms with E-state index in [0.717, 1.165) is 35.6 Å². The van der Waals surface area contributed by atoms with Crippen molar-refractivity contribution >= 4 is 22.6 Å². The van der Waals surface area contributed by atoms with Crippen molar-refractivity contribution in [3.05, 3.63) is 29.0 Å². The molecule has 106 valence electrons. The molecule has 1 aromatic heterocycles. The Bertz CT molecular complexity index is 651. The van der Waals surface area contributed by atoms with Gasteiger partial charge in [-0.05, 0) is 43.9 Å². The first-order valence-corrected chi connectivity index (χ1v) is 7.98. The zero-order valence-electron chi connectivity index (χ0n) is 11.6. The number of hydrogen-bond acceptors (Lipinski definition) is 2. The number of imidazole rings is 1. The van der Waals surface area contributed by atoms with E-state index >= 15 is 0 Å². The zero-order valence-corrected chi connectivity index (χ0v) is 12.4. The molecule has 0 saturated heterocycles. The van der Waals surface area contributed by atoms with E-state index in [0.29, 0.717) is 6.04 Å². The maximum Gasteiger partial charge on any atom is 0.111 e. The van der Waals surface area contributed by atoms with Crippen LogP contribution in [0.25, 0.3) is 11.0 Å². The third-order valence-electron chi connectivity index (χ3n) is 4.75. The summed E-state index contributed by atoms with van der Waals surface area (Å²) in [4.78, 5) is 4.85. The molecule has 2 N–H and O–H groups in total. The molecule has 0 aliphatic heterocycles. The van der Waals surface area contributed by atoms with Gasteiger partial charge in [-0.3, -0.25) is 0 Å². The van der Waals surface area contributed by atoms with E-state index in [-0.39, 0.29) is 5.54 Å². The molecule has 4 heteroatoms. The van der Waals surface area contributed by atoms with Crippen LogP contribution >= 0.6 is 11.6 Å². The lowest BCUT2D eigenvalue weighted by atomic mass is 9.94. The predicted octanol–water partition coefficient (Wildman–Crippen LogP) is 3.84. The van der Waals surface area contributed by atoms with Crippen LogP contribution in [-0.4, -0.2) is 15.1 Å². The van der Waals surface area contributed by atoms with Gasteiger partial charge < -0.3 is 10.3 Å². The number of fused-ring (bicyclic) bond motifs is 1. The van der Waals surface area contributed by atoms with E-state index in [2.05, 4.69) is 4.57 Å². The van der Waals surface area contributed by atoms with Gasteiger partial charge in [-0.1, -0.05) is 24.4 Å². The van der Waals surface area contributed by atoms with Crippen LogP contribution in [0.4, 0.5) is 0 Å². The number of aromatic nitrogens is 2. The predicted molar refractivity (Wildman–Crippen MR) is 82.1 cm³/mol. The lowest BCUT2D eigenvalue weighted by Gasteiger charge is -2.23. The fourth-order valence-electron chi connectivity index (χ4n) is 3.55. The van der Waals surface area contributed by atoms with Crippen molar-refractivity contribution in [3.63, 3.8) is 0 Å². The van der Waals surface area contributed by atoms with Crippen molar-refractivity contribution in [1.29, 1.82) is 0 Å². The minimum absolute atomic E-state index is 0.0438. The third-order valence-corrected chi connectivity index (χ3v) is 4.98. The average molecular weight is 290 g/mol. The Morgan fingerprint density at radius 2 is 2.05 bits per heavy atom. The SMILES string of the molecule is NC1(Cc2nc3ccc(Cl)cc3n2C2CC2)CCCC1. The first-order chi connectivity index (χ1) is 9.65. The second-order valence-electron chi connectivity index (χ2n) is 6.51. The molecule has 0 radical (unpaired) electrons. The Hall–Kier alpha value is -1.06. The van der Waals surface area contributed by atoms with Gasteiger partial charge >= 0.3 is 0 Å². The molecule has 2 aliphatic rings. The Morgan fingerprint density at radius 1 is 1.30 bits per heavy atom. The summed E-state index contributed by atoms with van der Waals surface area (Å²) < 4.78 is 2.40. The summed E-state index contributed by atoms with van der Waals surface area (Å²) in [5.41, 5.74) is 8.74. The molecule has 2 aliphatic carbocycles. The fraction of sp³-hybridized carbons (Fsp3) is 0.562. The summed E-state index contributed by atoms with van der Waals surface area (Å²) in [7, 11) is 0. The highest BCUT2D eigenvalue weighted by Crippen LogP contribution is 2.40. The van der Waals surface area contributed by atoms with Crippen molar-refractivity contribution in [1.82, 2.24) is 9.55 Å². The van der Waals surface area contributed by atoms with Crippen LogP contribution in [0, 0.1) is 0 Å². The van der Waals surface area contributed by atoms with E-state index in [1.165, 1.54) is 31.2 Å². The molecule has 1 aromatic carbocycles. The first kappa shape index (κ1) is 12.7. The van der Waals surface area contributed by atoms with Crippen LogP contribution in [0.5, 0.6) is 0 Å². The van der Waals surface area contributed by atoms with Gasteiger partial charge in [0.25, 0.3) is 0 Å². The van der Waals surface area contributed by atoms with Crippen molar-refractivity contribution < 1.29 is 0 Å². The molecule has 0 atom stereocenters. The van der Waals surface area contributed by atoms with E-state index in [9.17, 15) is 0 Å². The standard InChI is InChI=1S/C16H20ClN3/c17-11-3-6-13-14(9-11)20(12-4-5-12)15(19-13)10-16(18)7-1-2-8-16/h3,6,9,12H,1-2,4-5,7-8,10,18H2. The average Bonchev–Trinajstić information content (AvgIpc) is 3.06. The van der Waals surface area contributed by atoms with Crippen LogP contribution in [0.3, 0.4) is 0 Å². The number of rotatable bonds is 3. The molecule has 2 saturated carbocycles. The van der Waals surface area contributed by atoms with Gasteiger partial charge in [0.05, 0.1) is 11.0 Å². The lowest BCUT2D eigenvalue weighted by Crippen LogP contribution is -2.39. The largest absolute Gasteiger partial charge is 0.325 e. The molecular weight excluding hydrogens is 270 g/mol. The minimum atomic E-state index is -0.0438. The van der Waals surface area contributed by atoms with Crippen LogP contribution in [-0.2, 0) is 6.42 Å². The van der Waals surface area contributed by atoms with Crippen LogP contribution < -0.4 is 5.73 Å². The summed E-state index contributed by atoms with van der Waals surface area (Å²) in [5, 5.41) is 0.786. The first-order valence-electron chi connectivity index (χ1n) is 7.60. The maximum absolute atomic E-state index is 6.55. The molecule has 2 aromatic rings. The fourth-order valence-corrected chi connectivity index (χ4v) is 3.72. The summed E-state index contributed by atoms with van der Waals surface area (Å²) in [6.07, 6.45) is 8.17. The zero-order chi connectivity index (χ0) is 13.7. The molecule has 4 rings (SSSR count). The van der Waals surface area contributed by atoms with Crippen LogP contribution in [0.15, 0.2) is 18.2 Å². The molecular formula is C16H20ClN3. The second kappa shape index (κ2) is 4.47. The Labute approximate surface area is 124 Å². The summed E-state index contributed by atoms with van der Waals surface area (Å²) in [6.45, 7) is 0. The van der Waals surface area contributed by atoms with Gasteiger partial charge in [0.15, 0.2) is 0 Å². The highest BCUT2D eigenvalue weighted by atomic mass is 35.5. The number of hydrogen-bond donors (Lipinski definition) is 1. The van der Waals surface area contributed by atoms with Crippen LogP contribution in [0.1, 0.15) is 50.4 Å². The summed E-state index contributed by atoms with van der Waals surface area (Å²) in [6, 6.07) is 6.60. The number of nitrogens with two attached hydrogens (primary N) is 1.